The first kappa shape index (κ1) is 18.7. The van der Waals surface area contributed by atoms with Crippen molar-refractivity contribution in [1.82, 2.24) is 15.0 Å². The largest absolute Gasteiger partial charge is 0.355 e. The third-order valence-corrected chi connectivity index (χ3v) is 5.09. The Bertz CT molecular complexity index is 949. The van der Waals surface area contributed by atoms with Crippen LogP contribution in [0.15, 0.2) is 59.1 Å². The molecule has 0 aliphatic carbocycles. The van der Waals surface area contributed by atoms with Crippen LogP contribution in [-0.4, -0.2) is 47.0 Å². The molecule has 4 rings (SSSR count). The standard InChI is InChI=1S/C21H19ClFN3O2/c22-17-5-1-15(2-6-17)14-25-9-11-26(12-10-25)21(27)19-13-20(28-24-19)16-3-7-18(23)8-4-16/h1-8,13H,9-12,14H2. The molecule has 144 valence electrons. The minimum atomic E-state index is -0.323. The third-order valence-electron chi connectivity index (χ3n) is 4.84. The number of nitrogens with zero attached hydrogens (tertiary/aromatic N) is 3. The Kier molecular flexibility index (Phi) is 5.41. The van der Waals surface area contributed by atoms with Crippen LogP contribution in [0.4, 0.5) is 4.39 Å². The highest BCUT2D eigenvalue weighted by atomic mass is 35.5. The number of amides is 1. The molecular weight excluding hydrogens is 381 g/mol. The summed E-state index contributed by atoms with van der Waals surface area (Å²) >= 11 is 5.93. The molecule has 1 aliphatic heterocycles. The molecule has 28 heavy (non-hydrogen) atoms. The molecule has 0 saturated carbocycles. The number of aromatic nitrogens is 1. The Morgan fingerprint density at radius 2 is 1.71 bits per heavy atom. The lowest BCUT2D eigenvalue weighted by atomic mass is 10.1. The van der Waals surface area contributed by atoms with E-state index in [1.807, 2.05) is 24.3 Å². The number of benzene rings is 2. The van der Waals surface area contributed by atoms with Crippen molar-refractivity contribution in [3.63, 3.8) is 0 Å². The van der Waals surface area contributed by atoms with E-state index >= 15 is 0 Å². The van der Waals surface area contributed by atoms with Crippen molar-refractivity contribution in [1.29, 1.82) is 0 Å². The SMILES string of the molecule is O=C(c1cc(-c2ccc(F)cc2)on1)N1CCN(Cc2ccc(Cl)cc2)CC1. The van der Waals surface area contributed by atoms with E-state index in [9.17, 15) is 9.18 Å². The third kappa shape index (κ3) is 4.24. The van der Waals surface area contributed by atoms with Crippen LogP contribution in [0.3, 0.4) is 0 Å². The molecule has 3 aromatic rings. The lowest BCUT2D eigenvalue weighted by Gasteiger charge is -2.34. The minimum Gasteiger partial charge on any atom is -0.355 e. The van der Waals surface area contributed by atoms with E-state index in [1.54, 1.807) is 23.1 Å². The zero-order chi connectivity index (χ0) is 19.5. The van der Waals surface area contributed by atoms with Gasteiger partial charge in [-0.05, 0) is 42.0 Å². The van der Waals surface area contributed by atoms with Crippen LogP contribution in [0.1, 0.15) is 16.1 Å². The van der Waals surface area contributed by atoms with E-state index in [4.69, 9.17) is 16.1 Å². The summed E-state index contributed by atoms with van der Waals surface area (Å²) in [5.41, 5.74) is 2.15. The van der Waals surface area contributed by atoms with E-state index in [1.165, 1.54) is 17.7 Å². The minimum absolute atomic E-state index is 0.150. The van der Waals surface area contributed by atoms with Crippen molar-refractivity contribution in [3.8, 4) is 11.3 Å². The molecule has 0 radical (unpaired) electrons. The van der Waals surface area contributed by atoms with Crippen molar-refractivity contribution in [2.45, 2.75) is 6.54 Å². The van der Waals surface area contributed by atoms with Gasteiger partial charge in [0.1, 0.15) is 5.82 Å². The van der Waals surface area contributed by atoms with E-state index < -0.39 is 0 Å². The van der Waals surface area contributed by atoms with Gasteiger partial charge in [0.15, 0.2) is 11.5 Å². The quantitative estimate of drug-likeness (QED) is 0.663. The summed E-state index contributed by atoms with van der Waals surface area (Å²) in [6, 6.07) is 15.3. The molecule has 7 heteroatoms. The number of rotatable bonds is 4. The lowest BCUT2D eigenvalue weighted by Crippen LogP contribution is -2.48. The molecule has 0 atom stereocenters. The maximum absolute atomic E-state index is 13.0. The molecule has 1 saturated heterocycles. The highest BCUT2D eigenvalue weighted by molar-refractivity contribution is 6.30. The maximum atomic E-state index is 13.0. The molecular formula is C21H19ClFN3O2. The first-order chi connectivity index (χ1) is 13.6. The number of piperazine rings is 1. The van der Waals surface area contributed by atoms with Crippen molar-refractivity contribution < 1.29 is 13.7 Å². The fourth-order valence-electron chi connectivity index (χ4n) is 3.25. The van der Waals surface area contributed by atoms with Crippen LogP contribution in [0.5, 0.6) is 0 Å². The van der Waals surface area contributed by atoms with E-state index in [2.05, 4.69) is 10.1 Å². The van der Waals surface area contributed by atoms with Gasteiger partial charge in [-0.1, -0.05) is 28.9 Å². The van der Waals surface area contributed by atoms with Crippen LogP contribution in [-0.2, 0) is 6.54 Å². The second-order valence-corrected chi connectivity index (χ2v) is 7.21. The molecule has 1 aromatic heterocycles. The van der Waals surface area contributed by atoms with Crippen LogP contribution < -0.4 is 0 Å². The van der Waals surface area contributed by atoms with Crippen LogP contribution in [0.25, 0.3) is 11.3 Å². The predicted octanol–water partition coefficient (Wildman–Crippen LogP) is 4.09. The average molecular weight is 400 g/mol. The topological polar surface area (TPSA) is 49.6 Å². The van der Waals surface area contributed by atoms with Crippen LogP contribution in [0, 0.1) is 5.82 Å². The summed E-state index contributed by atoms with van der Waals surface area (Å²) in [6.45, 7) is 3.67. The van der Waals surface area contributed by atoms with Gasteiger partial charge in [0.25, 0.3) is 5.91 Å². The molecule has 5 nitrogen and oxygen atoms in total. The Balaban J connectivity index is 1.35. The first-order valence-corrected chi connectivity index (χ1v) is 9.45. The van der Waals surface area contributed by atoms with Crippen LogP contribution in [0.2, 0.25) is 5.02 Å². The number of carbonyl (C=O) groups is 1. The summed E-state index contributed by atoms with van der Waals surface area (Å²) in [5.74, 6) is -0.0241. The van der Waals surface area contributed by atoms with Gasteiger partial charge in [-0.2, -0.15) is 0 Å². The van der Waals surface area contributed by atoms with Gasteiger partial charge < -0.3 is 9.42 Å². The van der Waals surface area contributed by atoms with Gasteiger partial charge in [-0.15, -0.1) is 0 Å². The van der Waals surface area contributed by atoms with Crippen molar-refractivity contribution in [2.75, 3.05) is 26.2 Å². The van der Waals surface area contributed by atoms with Gasteiger partial charge in [0, 0.05) is 49.4 Å². The van der Waals surface area contributed by atoms with Gasteiger partial charge >= 0.3 is 0 Å². The number of hydrogen-bond donors (Lipinski definition) is 0. The smallest absolute Gasteiger partial charge is 0.276 e. The monoisotopic (exact) mass is 399 g/mol. The summed E-state index contributed by atoms with van der Waals surface area (Å²) < 4.78 is 18.3. The Labute approximate surface area is 167 Å². The number of carbonyl (C=O) groups excluding carboxylic acids is 1. The van der Waals surface area contributed by atoms with E-state index in [0.717, 1.165) is 24.7 Å². The molecule has 1 fully saturated rings. The van der Waals surface area contributed by atoms with Gasteiger partial charge in [0.05, 0.1) is 0 Å². The zero-order valence-electron chi connectivity index (χ0n) is 15.1. The highest BCUT2D eigenvalue weighted by Crippen LogP contribution is 2.22. The lowest BCUT2D eigenvalue weighted by molar-refractivity contribution is 0.0618. The summed E-state index contributed by atoms with van der Waals surface area (Å²) in [4.78, 5) is 16.8. The molecule has 0 unspecified atom stereocenters. The van der Waals surface area contributed by atoms with Crippen molar-refractivity contribution >= 4 is 17.5 Å². The van der Waals surface area contributed by atoms with Gasteiger partial charge in [-0.25, -0.2) is 4.39 Å². The average Bonchev–Trinajstić information content (AvgIpc) is 3.20. The summed E-state index contributed by atoms with van der Waals surface area (Å²) in [7, 11) is 0. The van der Waals surface area contributed by atoms with Crippen LogP contribution >= 0.6 is 11.6 Å². The first-order valence-electron chi connectivity index (χ1n) is 9.07. The molecule has 0 N–H and O–H groups in total. The second kappa shape index (κ2) is 8.12. The fraction of sp³-hybridized carbons (Fsp3) is 0.238. The number of hydrogen-bond acceptors (Lipinski definition) is 4. The second-order valence-electron chi connectivity index (χ2n) is 6.78. The molecule has 1 amide bonds. The fourth-order valence-corrected chi connectivity index (χ4v) is 3.37. The van der Waals surface area contributed by atoms with E-state index in [-0.39, 0.29) is 17.4 Å². The van der Waals surface area contributed by atoms with Gasteiger partial charge in [-0.3, -0.25) is 9.69 Å². The van der Waals surface area contributed by atoms with Crippen molar-refractivity contribution in [2.24, 2.45) is 0 Å². The van der Waals surface area contributed by atoms with E-state index in [0.29, 0.717) is 24.4 Å². The Morgan fingerprint density at radius 3 is 2.39 bits per heavy atom. The normalized spacial score (nSPS) is 15.0. The number of halogens is 2. The Hall–Kier alpha value is -2.70. The molecule has 2 heterocycles. The maximum Gasteiger partial charge on any atom is 0.276 e. The molecule has 0 bridgehead atoms. The molecule has 2 aromatic carbocycles. The highest BCUT2D eigenvalue weighted by Gasteiger charge is 2.24. The Morgan fingerprint density at radius 1 is 1.04 bits per heavy atom. The predicted molar refractivity (Wildman–Crippen MR) is 105 cm³/mol. The zero-order valence-corrected chi connectivity index (χ0v) is 15.9. The molecule has 0 spiro atoms. The van der Waals surface area contributed by atoms with Crippen molar-refractivity contribution in [3.05, 3.63) is 76.7 Å². The summed E-state index contributed by atoms with van der Waals surface area (Å²) in [5, 5.41) is 4.63. The summed E-state index contributed by atoms with van der Waals surface area (Å²) in [6.07, 6.45) is 0. The molecule has 1 aliphatic rings. The van der Waals surface area contributed by atoms with Gasteiger partial charge in [0.2, 0.25) is 0 Å².